The molecule has 0 saturated heterocycles. The molecule has 192 valence electrons. The van der Waals surface area contributed by atoms with E-state index in [4.69, 9.17) is 14.2 Å². The maximum atomic E-state index is 14.0. The minimum absolute atomic E-state index is 0.0149. The first-order valence-corrected chi connectivity index (χ1v) is 13.4. The van der Waals surface area contributed by atoms with Gasteiger partial charge in [-0.1, -0.05) is 6.07 Å². The predicted molar refractivity (Wildman–Crippen MR) is 137 cm³/mol. The molecule has 0 radical (unpaired) electrons. The molecule has 0 fully saturated rings. The van der Waals surface area contributed by atoms with Gasteiger partial charge in [-0.25, -0.2) is 12.8 Å². The van der Waals surface area contributed by atoms with Crippen molar-refractivity contribution < 1.29 is 31.8 Å². The van der Waals surface area contributed by atoms with Gasteiger partial charge in [0.05, 0.1) is 31.9 Å². The highest BCUT2D eigenvalue weighted by molar-refractivity contribution is 7.98. The number of benzene rings is 3. The molecule has 8 nitrogen and oxygen atoms in total. The van der Waals surface area contributed by atoms with E-state index in [9.17, 15) is 17.6 Å². The Kier molecular flexibility index (Phi) is 9.05. The minimum atomic E-state index is -4.17. The van der Waals surface area contributed by atoms with Gasteiger partial charge in [-0.05, 0) is 60.9 Å². The van der Waals surface area contributed by atoms with E-state index in [1.807, 2.05) is 6.26 Å². The lowest BCUT2D eigenvalue weighted by Crippen LogP contribution is -2.40. The van der Waals surface area contributed by atoms with Gasteiger partial charge in [0.2, 0.25) is 11.7 Å². The number of ether oxygens (including phenoxy) is 3. The minimum Gasteiger partial charge on any atom is -0.493 e. The second-order valence-corrected chi connectivity index (χ2v) is 10.2. The van der Waals surface area contributed by atoms with E-state index in [0.717, 1.165) is 15.3 Å². The lowest BCUT2D eigenvalue weighted by molar-refractivity contribution is -0.119. The van der Waals surface area contributed by atoms with E-state index in [-0.39, 0.29) is 17.1 Å². The number of rotatable bonds is 11. The summed E-state index contributed by atoms with van der Waals surface area (Å²) in [6.07, 6.45) is 1.88. The SMILES string of the molecule is COc1ccc(CNC(=O)CN(c2cccc(F)c2)S(=O)(=O)c2ccc(SC)cc2)c(OC)c1OC. The molecular weight excluding hydrogens is 507 g/mol. The van der Waals surface area contributed by atoms with Crippen LogP contribution < -0.4 is 23.8 Å². The fraction of sp³-hybridized carbons (Fsp3) is 0.240. The van der Waals surface area contributed by atoms with E-state index >= 15 is 0 Å². The molecule has 0 aliphatic rings. The molecule has 3 aromatic rings. The van der Waals surface area contributed by atoms with Crippen LogP contribution in [0.25, 0.3) is 0 Å². The Labute approximate surface area is 214 Å². The van der Waals surface area contributed by atoms with E-state index in [1.165, 1.54) is 63.4 Å². The molecule has 36 heavy (non-hydrogen) atoms. The average molecular weight is 535 g/mol. The third-order valence-corrected chi connectivity index (χ3v) is 7.82. The smallest absolute Gasteiger partial charge is 0.264 e. The molecule has 0 aromatic heterocycles. The number of thioether (sulfide) groups is 1. The van der Waals surface area contributed by atoms with Crippen molar-refractivity contribution >= 4 is 33.4 Å². The summed E-state index contributed by atoms with van der Waals surface area (Å²) in [7, 11) is 0.254. The molecule has 3 aromatic carbocycles. The standard InChI is InChI=1S/C25H27FN2O6S2/c1-32-22-13-8-17(24(33-2)25(22)34-3)15-27-23(29)16-28(19-7-5-6-18(26)14-19)36(30,31)21-11-9-20(35-4)10-12-21/h5-14H,15-16H2,1-4H3,(H,27,29). The van der Waals surface area contributed by atoms with Gasteiger partial charge < -0.3 is 19.5 Å². The van der Waals surface area contributed by atoms with Crippen LogP contribution in [0.4, 0.5) is 10.1 Å². The van der Waals surface area contributed by atoms with Crippen molar-refractivity contribution in [2.45, 2.75) is 16.3 Å². The summed E-state index contributed by atoms with van der Waals surface area (Å²) in [5.74, 6) is -0.0216. The number of anilines is 1. The van der Waals surface area contributed by atoms with Crippen LogP contribution in [0, 0.1) is 5.82 Å². The summed E-state index contributed by atoms with van der Waals surface area (Å²) in [5.41, 5.74) is 0.624. The highest BCUT2D eigenvalue weighted by Gasteiger charge is 2.28. The van der Waals surface area contributed by atoms with Gasteiger partial charge in [-0.15, -0.1) is 11.8 Å². The average Bonchev–Trinajstić information content (AvgIpc) is 2.89. The number of methoxy groups -OCH3 is 3. The van der Waals surface area contributed by atoms with Crippen molar-refractivity contribution in [1.29, 1.82) is 0 Å². The monoisotopic (exact) mass is 534 g/mol. The maximum Gasteiger partial charge on any atom is 0.264 e. The van der Waals surface area contributed by atoms with Crippen LogP contribution in [0.3, 0.4) is 0 Å². The number of carbonyl (C=O) groups excluding carboxylic acids is 1. The molecule has 0 atom stereocenters. The van der Waals surface area contributed by atoms with Crippen LogP contribution in [0.1, 0.15) is 5.56 Å². The van der Waals surface area contributed by atoms with Crippen LogP contribution in [-0.4, -0.2) is 48.5 Å². The van der Waals surface area contributed by atoms with Crippen molar-refractivity contribution in [3.63, 3.8) is 0 Å². The highest BCUT2D eigenvalue weighted by atomic mass is 32.2. The van der Waals surface area contributed by atoms with Crippen molar-refractivity contribution in [3.8, 4) is 17.2 Å². The second kappa shape index (κ2) is 12.0. The molecule has 0 aliphatic carbocycles. The summed E-state index contributed by atoms with van der Waals surface area (Å²) >= 11 is 1.47. The quantitative estimate of drug-likeness (QED) is 0.371. The van der Waals surface area contributed by atoms with Crippen molar-refractivity contribution in [1.82, 2.24) is 5.32 Å². The summed E-state index contributed by atoms with van der Waals surface area (Å²) in [6.45, 7) is -0.534. The fourth-order valence-electron chi connectivity index (χ4n) is 3.50. The van der Waals surface area contributed by atoms with Gasteiger partial charge in [-0.2, -0.15) is 0 Å². The number of nitrogens with one attached hydrogen (secondary N) is 1. The van der Waals surface area contributed by atoms with Gasteiger partial charge in [0.1, 0.15) is 12.4 Å². The molecule has 0 saturated carbocycles. The summed E-state index contributed by atoms with van der Waals surface area (Å²) < 4.78 is 57.9. The highest BCUT2D eigenvalue weighted by Crippen LogP contribution is 2.39. The molecule has 0 unspecified atom stereocenters. The molecule has 3 rings (SSSR count). The molecule has 0 bridgehead atoms. The second-order valence-electron chi connectivity index (χ2n) is 7.44. The number of hydrogen-bond donors (Lipinski definition) is 1. The zero-order valence-electron chi connectivity index (χ0n) is 20.3. The first-order chi connectivity index (χ1) is 17.2. The third-order valence-electron chi connectivity index (χ3n) is 5.29. The Morgan fingerprint density at radius 2 is 1.67 bits per heavy atom. The fourth-order valence-corrected chi connectivity index (χ4v) is 5.32. The first kappa shape index (κ1) is 27.2. The van der Waals surface area contributed by atoms with E-state index in [1.54, 1.807) is 24.3 Å². The summed E-state index contributed by atoms with van der Waals surface area (Å²) in [4.78, 5) is 13.8. The van der Waals surface area contributed by atoms with Crippen molar-refractivity contribution in [2.24, 2.45) is 0 Å². The lowest BCUT2D eigenvalue weighted by atomic mass is 10.1. The van der Waals surface area contributed by atoms with Gasteiger partial charge >= 0.3 is 0 Å². The van der Waals surface area contributed by atoms with Crippen LogP contribution in [0.5, 0.6) is 17.2 Å². The molecule has 0 spiro atoms. The molecule has 11 heteroatoms. The largest absolute Gasteiger partial charge is 0.493 e. The molecule has 0 heterocycles. The number of nitrogens with zero attached hydrogens (tertiary/aromatic N) is 1. The molecule has 0 aliphatic heterocycles. The summed E-state index contributed by atoms with van der Waals surface area (Å²) in [5, 5.41) is 2.70. The van der Waals surface area contributed by atoms with E-state index in [0.29, 0.717) is 22.8 Å². The zero-order chi connectivity index (χ0) is 26.3. The van der Waals surface area contributed by atoms with Crippen LogP contribution in [-0.2, 0) is 21.4 Å². The first-order valence-electron chi connectivity index (χ1n) is 10.7. The lowest BCUT2D eigenvalue weighted by Gasteiger charge is -2.24. The number of amides is 1. The van der Waals surface area contributed by atoms with Crippen LogP contribution >= 0.6 is 11.8 Å². The Bertz CT molecular complexity index is 1320. The van der Waals surface area contributed by atoms with Gasteiger partial charge in [0.25, 0.3) is 10.0 Å². The predicted octanol–water partition coefficient (Wildman–Crippen LogP) is 4.09. The summed E-state index contributed by atoms with van der Waals surface area (Å²) in [6, 6.07) is 14.7. The van der Waals surface area contributed by atoms with Crippen molar-refractivity contribution in [3.05, 3.63) is 72.0 Å². The van der Waals surface area contributed by atoms with Gasteiger partial charge in [-0.3, -0.25) is 9.10 Å². The Morgan fingerprint density at radius 3 is 2.25 bits per heavy atom. The van der Waals surface area contributed by atoms with E-state index < -0.39 is 28.3 Å². The normalized spacial score (nSPS) is 11.0. The van der Waals surface area contributed by atoms with Gasteiger partial charge in [0, 0.05) is 17.0 Å². The molecule has 1 amide bonds. The van der Waals surface area contributed by atoms with Crippen LogP contribution in [0.2, 0.25) is 0 Å². The van der Waals surface area contributed by atoms with E-state index in [2.05, 4.69) is 5.32 Å². The number of halogens is 1. The Morgan fingerprint density at radius 1 is 0.972 bits per heavy atom. The molecular formula is C25H27FN2O6S2. The Balaban J connectivity index is 1.88. The topological polar surface area (TPSA) is 94.2 Å². The number of carbonyl (C=O) groups is 1. The third kappa shape index (κ3) is 6.03. The maximum absolute atomic E-state index is 14.0. The Hall–Kier alpha value is -3.44. The van der Waals surface area contributed by atoms with Crippen molar-refractivity contribution in [2.75, 3.05) is 38.4 Å². The number of sulfonamides is 1. The van der Waals surface area contributed by atoms with Gasteiger partial charge in [0.15, 0.2) is 11.5 Å². The van der Waals surface area contributed by atoms with Crippen LogP contribution in [0.15, 0.2) is 70.5 Å². The zero-order valence-corrected chi connectivity index (χ0v) is 21.9. The number of hydrogen-bond acceptors (Lipinski definition) is 7. The molecule has 1 N–H and O–H groups in total.